The van der Waals surface area contributed by atoms with Crippen LogP contribution in [-0.2, 0) is 16.6 Å². The van der Waals surface area contributed by atoms with Crippen molar-refractivity contribution in [3.63, 3.8) is 0 Å². The molecule has 4 aromatic rings. The predicted octanol–water partition coefficient (Wildman–Crippen LogP) is 2.12. The average Bonchev–Trinajstić information content (AvgIpc) is 3.25. The number of H-pyrrole nitrogens is 1. The van der Waals surface area contributed by atoms with Crippen molar-refractivity contribution < 1.29 is 12.8 Å². The maximum Gasteiger partial charge on any atom is 0.417 e. The standard InChI is InChI=1S/C16H12N4O4S2/c21-16-20-12-5-4-11(7-14(12)24-16)26(22,23)18-8-10-9-25-15(19-10)13-3-1-2-6-17-13/h1-7,9,18H,8H2,(H,20,21). The Hall–Kier alpha value is -2.82. The second kappa shape index (κ2) is 6.48. The number of oxazole rings is 1. The molecule has 26 heavy (non-hydrogen) atoms. The molecule has 4 rings (SSSR count). The Bertz CT molecular complexity index is 1230. The third-order valence-electron chi connectivity index (χ3n) is 3.58. The molecule has 0 spiro atoms. The van der Waals surface area contributed by atoms with E-state index in [0.29, 0.717) is 11.2 Å². The fourth-order valence-corrected chi connectivity index (χ4v) is 4.15. The molecule has 0 amide bonds. The average molecular weight is 388 g/mol. The first-order valence-electron chi connectivity index (χ1n) is 7.50. The van der Waals surface area contributed by atoms with Gasteiger partial charge in [-0.15, -0.1) is 11.3 Å². The van der Waals surface area contributed by atoms with Crippen LogP contribution in [-0.4, -0.2) is 23.4 Å². The number of thiazole rings is 1. The second-order valence-electron chi connectivity index (χ2n) is 5.36. The van der Waals surface area contributed by atoms with Gasteiger partial charge in [0.1, 0.15) is 5.01 Å². The zero-order chi connectivity index (χ0) is 18.1. The molecule has 0 atom stereocenters. The smallest absolute Gasteiger partial charge is 0.408 e. The molecule has 0 bridgehead atoms. The van der Waals surface area contributed by atoms with Gasteiger partial charge in [0.05, 0.1) is 28.3 Å². The lowest BCUT2D eigenvalue weighted by Gasteiger charge is -2.05. The summed E-state index contributed by atoms with van der Waals surface area (Å²) in [5.41, 5.74) is 1.95. The minimum atomic E-state index is -3.77. The van der Waals surface area contributed by atoms with E-state index in [0.717, 1.165) is 10.7 Å². The molecule has 0 fully saturated rings. The molecule has 0 aliphatic heterocycles. The van der Waals surface area contributed by atoms with E-state index in [1.807, 2.05) is 18.2 Å². The van der Waals surface area contributed by atoms with Crippen molar-refractivity contribution in [3.05, 3.63) is 64.2 Å². The highest BCUT2D eigenvalue weighted by Gasteiger charge is 2.16. The summed E-state index contributed by atoms with van der Waals surface area (Å²) in [6.45, 7) is 0.0424. The minimum Gasteiger partial charge on any atom is -0.408 e. The van der Waals surface area contributed by atoms with E-state index in [-0.39, 0.29) is 17.0 Å². The Balaban J connectivity index is 1.52. The zero-order valence-electron chi connectivity index (χ0n) is 13.2. The van der Waals surface area contributed by atoms with Crippen molar-refractivity contribution >= 4 is 32.5 Å². The fourth-order valence-electron chi connectivity index (χ4n) is 2.34. The predicted molar refractivity (Wildman–Crippen MR) is 96.2 cm³/mol. The number of fused-ring (bicyclic) bond motifs is 1. The van der Waals surface area contributed by atoms with E-state index in [9.17, 15) is 13.2 Å². The molecule has 0 unspecified atom stereocenters. The van der Waals surface area contributed by atoms with Gasteiger partial charge in [-0.3, -0.25) is 9.97 Å². The third-order valence-corrected chi connectivity index (χ3v) is 5.89. The van der Waals surface area contributed by atoms with E-state index in [1.165, 1.54) is 29.5 Å². The number of aromatic nitrogens is 3. The van der Waals surface area contributed by atoms with Crippen molar-refractivity contribution in [2.24, 2.45) is 0 Å². The molecule has 1 aromatic carbocycles. The van der Waals surface area contributed by atoms with Gasteiger partial charge in [-0.05, 0) is 24.3 Å². The molecular formula is C16H12N4O4S2. The highest BCUT2D eigenvalue weighted by molar-refractivity contribution is 7.89. The number of benzene rings is 1. The van der Waals surface area contributed by atoms with Gasteiger partial charge in [-0.1, -0.05) is 6.07 Å². The summed E-state index contributed by atoms with van der Waals surface area (Å²) in [5, 5.41) is 2.50. The van der Waals surface area contributed by atoms with Crippen LogP contribution in [0, 0.1) is 0 Å². The van der Waals surface area contributed by atoms with Gasteiger partial charge in [0.25, 0.3) is 0 Å². The van der Waals surface area contributed by atoms with Crippen LogP contribution in [0.2, 0.25) is 0 Å². The maximum absolute atomic E-state index is 12.5. The molecule has 0 saturated carbocycles. The van der Waals surface area contributed by atoms with Crippen molar-refractivity contribution in [1.82, 2.24) is 19.7 Å². The first-order valence-corrected chi connectivity index (χ1v) is 9.86. The van der Waals surface area contributed by atoms with Gasteiger partial charge >= 0.3 is 5.76 Å². The first kappa shape index (κ1) is 16.6. The van der Waals surface area contributed by atoms with Crippen LogP contribution in [0.3, 0.4) is 0 Å². The number of nitrogens with zero attached hydrogens (tertiary/aromatic N) is 2. The maximum atomic E-state index is 12.5. The second-order valence-corrected chi connectivity index (χ2v) is 7.98. The molecule has 10 heteroatoms. The topological polar surface area (TPSA) is 118 Å². The van der Waals surface area contributed by atoms with Crippen LogP contribution in [0.1, 0.15) is 5.69 Å². The molecule has 0 aliphatic rings. The summed E-state index contributed by atoms with van der Waals surface area (Å²) in [7, 11) is -3.77. The molecule has 0 saturated heterocycles. The minimum absolute atomic E-state index is 0.00734. The summed E-state index contributed by atoms with van der Waals surface area (Å²) in [6.07, 6.45) is 1.68. The fraction of sp³-hybridized carbons (Fsp3) is 0.0625. The monoisotopic (exact) mass is 388 g/mol. The Labute approximate surface area is 151 Å². The first-order chi connectivity index (χ1) is 12.5. The van der Waals surface area contributed by atoms with Gasteiger partial charge in [-0.25, -0.2) is 22.9 Å². The lowest BCUT2D eigenvalue weighted by atomic mass is 10.3. The number of pyridine rings is 1. The normalized spacial score (nSPS) is 11.8. The molecule has 0 radical (unpaired) electrons. The van der Waals surface area contributed by atoms with E-state index < -0.39 is 15.8 Å². The Morgan fingerprint density at radius 2 is 2.12 bits per heavy atom. The largest absolute Gasteiger partial charge is 0.417 e. The molecule has 3 heterocycles. The summed E-state index contributed by atoms with van der Waals surface area (Å²) < 4.78 is 32.3. The third kappa shape index (κ3) is 3.29. The van der Waals surface area contributed by atoms with Crippen LogP contribution >= 0.6 is 11.3 Å². The van der Waals surface area contributed by atoms with Crippen molar-refractivity contribution in [2.45, 2.75) is 11.4 Å². The van der Waals surface area contributed by atoms with Gasteiger partial charge < -0.3 is 4.42 Å². The highest BCUT2D eigenvalue weighted by Crippen LogP contribution is 2.22. The lowest BCUT2D eigenvalue weighted by molar-refractivity contribution is 0.553. The summed E-state index contributed by atoms with van der Waals surface area (Å²) in [4.78, 5) is 22.3. The highest BCUT2D eigenvalue weighted by atomic mass is 32.2. The number of rotatable bonds is 5. The van der Waals surface area contributed by atoms with Crippen molar-refractivity contribution in [1.29, 1.82) is 0 Å². The Kier molecular flexibility index (Phi) is 4.15. The van der Waals surface area contributed by atoms with Gasteiger partial charge in [0, 0.05) is 17.6 Å². The number of sulfonamides is 1. The molecule has 2 N–H and O–H groups in total. The van der Waals surface area contributed by atoms with E-state index in [2.05, 4.69) is 19.7 Å². The van der Waals surface area contributed by atoms with Crippen LogP contribution in [0.15, 0.2) is 62.1 Å². The SMILES string of the molecule is O=c1[nH]c2ccc(S(=O)(=O)NCc3csc(-c4ccccn4)n3)cc2o1. The van der Waals surface area contributed by atoms with Crippen LogP contribution in [0.5, 0.6) is 0 Å². The lowest BCUT2D eigenvalue weighted by Crippen LogP contribution is -2.23. The van der Waals surface area contributed by atoms with E-state index in [1.54, 1.807) is 11.6 Å². The van der Waals surface area contributed by atoms with Crippen LogP contribution in [0.25, 0.3) is 21.8 Å². The van der Waals surface area contributed by atoms with Gasteiger partial charge in [-0.2, -0.15) is 0 Å². The quantitative estimate of drug-likeness (QED) is 0.541. The molecule has 132 valence electrons. The molecule has 8 nitrogen and oxygen atoms in total. The molecule has 3 aromatic heterocycles. The number of nitrogens with one attached hydrogen (secondary N) is 2. The summed E-state index contributed by atoms with van der Waals surface area (Å²) in [6, 6.07) is 9.70. The van der Waals surface area contributed by atoms with E-state index in [4.69, 9.17) is 4.42 Å². The Morgan fingerprint density at radius 3 is 2.92 bits per heavy atom. The molecular weight excluding hydrogens is 376 g/mol. The van der Waals surface area contributed by atoms with Crippen molar-refractivity contribution in [2.75, 3.05) is 0 Å². The van der Waals surface area contributed by atoms with Crippen LogP contribution < -0.4 is 10.5 Å². The number of hydrogen-bond acceptors (Lipinski definition) is 7. The van der Waals surface area contributed by atoms with Crippen molar-refractivity contribution in [3.8, 4) is 10.7 Å². The Morgan fingerprint density at radius 1 is 1.23 bits per heavy atom. The number of hydrogen-bond donors (Lipinski definition) is 2. The van der Waals surface area contributed by atoms with E-state index >= 15 is 0 Å². The van der Waals surface area contributed by atoms with Gasteiger partial charge in [0.15, 0.2) is 5.58 Å². The molecule has 0 aliphatic carbocycles. The zero-order valence-corrected chi connectivity index (χ0v) is 14.8. The summed E-state index contributed by atoms with van der Waals surface area (Å²) in [5.74, 6) is -0.632. The summed E-state index contributed by atoms with van der Waals surface area (Å²) >= 11 is 1.39. The van der Waals surface area contributed by atoms with Gasteiger partial charge in [0.2, 0.25) is 10.0 Å². The number of aromatic amines is 1. The van der Waals surface area contributed by atoms with Crippen LogP contribution in [0.4, 0.5) is 0 Å².